The molecule has 0 aliphatic rings. The number of rotatable bonds is 3. The largest absolute Gasteiger partial charge is 0.409 e. The Morgan fingerprint density at radius 2 is 2.11 bits per heavy atom. The van der Waals surface area contributed by atoms with Crippen LogP contribution in [0.3, 0.4) is 0 Å². The van der Waals surface area contributed by atoms with Gasteiger partial charge in [-0.1, -0.05) is 13.8 Å². The molecule has 0 spiro atoms. The molecule has 0 heterocycles. The molecule has 2 nitrogen and oxygen atoms in total. The van der Waals surface area contributed by atoms with Crippen LogP contribution in [0.1, 0.15) is 13.8 Å². The van der Waals surface area contributed by atoms with E-state index >= 15 is 0 Å². The standard InChI is InChI=1S/C6H12O2S/c1-6(2)4-5-8-9(3)7/h4-6H,1-3H3. The van der Waals surface area contributed by atoms with Gasteiger partial charge in [0, 0.05) is 6.26 Å². The summed E-state index contributed by atoms with van der Waals surface area (Å²) < 4.78 is 14.9. The zero-order valence-corrected chi connectivity index (χ0v) is 6.77. The normalized spacial score (nSPS) is 14.7. The Morgan fingerprint density at radius 3 is 2.44 bits per heavy atom. The van der Waals surface area contributed by atoms with Crippen LogP contribution < -0.4 is 0 Å². The van der Waals surface area contributed by atoms with Crippen LogP contribution >= 0.6 is 0 Å². The highest BCUT2D eigenvalue weighted by Gasteiger charge is 1.84. The molecule has 0 aromatic heterocycles. The van der Waals surface area contributed by atoms with E-state index in [-0.39, 0.29) is 0 Å². The summed E-state index contributed by atoms with van der Waals surface area (Å²) in [7, 11) is 0. The molecule has 0 aromatic rings. The summed E-state index contributed by atoms with van der Waals surface area (Å²) in [5, 5.41) is 0. The molecule has 0 amide bonds. The van der Waals surface area contributed by atoms with Crippen molar-refractivity contribution in [2.75, 3.05) is 6.26 Å². The van der Waals surface area contributed by atoms with Crippen LogP contribution in [0.2, 0.25) is 0 Å². The second kappa shape index (κ2) is 4.56. The fraction of sp³-hybridized carbons (Fsp3) is 0.667. The third-order valence-corrected chi connectivity index (χ3v) is 1.04. The molecule has 0 aromatic carbocycles. The summed E-state index contributed by atoms with van der Waals surface area (Å²) in [5.74, 6) is 0.452. The van der Waals surface area contributed by atoms with Crippen LogP contribution in [0, 0.1) is 5.92 Å². The summed E-state index contributed by atoms with van der Waals surface area (Å²) in [4.78, 5) is 0. The minimum absolute atomic E-state index is 0.452. The average Bonchev–Trinajstić information content (AvgIpc) is 1.63. The van der Waals surface area contributed by atoms with E-state index in [1.54, 1.807) is 0 Å². The molecule has 3 heteroatoms. The maximum absolute atomic E-state index is 10.3. The molecule has 0 saturated heterocycles. The van der Waals surface area contributed by atoms with E-state index in [1.807, 2.05) is 19.9 Å². The van der Waals surface area contributed by atoms with Crippen molar-refractivity contribution in [1.29, 1.82) is 0 Å². The van der Waals surface area contributed by atoms with Gasteiger partial charge in [-0.25, -0.2) is 4.21 Å². The number of hydrogen-bond acceptors (Lipinski definition) is 2. The molecule has 0 saturated carbocycles. The van der Waals surface area contributed by atoms with Gasteiger partial charge in [0.25, 0.3) is 0 Å². The van der Waals surface area contributed by atoms with E-state index in [9.17, 15) is 4.21 Å². The van der Waals surface area contributed by atoms with E-state index in [4.69, 9.17) is 0 Å². The molecule has 0 rings (SSSR count). The first-order valence-electron chi connectivity index (χ1n) is 2.80. The second-order valence-electron chi connectivity index (χ2n) is 2.07. The maximum atomic E-state index is 10.3. The first-order valence-corrected chi connectivity index (χ1v) is 4.28. The highest BCUT2D eigenvalue weighted by Crippen LogP contribution is 1.93. The Hall–Kier alpha value is -0.310. The predicted molar refractivity (Wildman–Crippen MR) is 39.1 cm³/mol. The molecule has 0 aliphatic heterocycles. The number of hydrogen-bond donors (Lipinski definition) is 0. The van der Waals surface area contributed by atoms with Gasteiger partial charge in [-0.05, 0) is 12.0 Å². The third kappa shape index (κ3) is 7.69. The Bertz CT molecular complexity index is 118. The second-order valence-corrected chi connectivity index (χ2v) is 3.07. The molecule has 9 heavy (non-hydrogen) atoms. The van der Waals surface area contributed by atoms with Crippen molar-refractivity contribution in [3.05, 3.63) is 12.3 Å². The van der Waals surface area contributed by atoms with Gasteiger partial charge in [0.05, 0.1) is 0 Å². The quantitative estimate of drug-likeness (QED) is 0.566. The minimum atomic E-state index is -1.17. The monoisotopic (exact) mass is 148 g/mol. The summed E-state index contributed by atoms with van der Waals surface area (Å²) in [6.45, 7) is 4.05. The fourth-order valence-electron chi connectivity index (χ4n) is 0.267. The van der Waals surface area contributed by atoms with Crippen molar-refractivity contribution in [3.8, 4) is 0 Å². The van der Waals surface area contributed by atoms with E-state index in [1.165, 1.54) is 12.5 Å². The van der Waals surface area contributed by atoms with E-state index in [0.29, 0.717) is 5.92 Å². The van der Waals surface area contributed by atoms with Crippen LogP contribution in [-0.4, -0.2) is 10.5 Å². The van der Waals surface area contributed by atoms with Gasteiger partial charge >= 0.3 is 0 Å². The topological polar surface area (TPSA) is 26.3 Å². The van der Waals surface area contributed by atoms with Crippen molar-refractivity contribution in [2.45, 2.75) is 13.8 Å². The van der Waals surface area contributed by atoms with Gasteiger partial charge in [-0.2, -0.15) is 0 Å². The summed E-state index contributed by atoms with van der Waals surface area (Å²) in [5.41, 5.74) is 0. The van der Waals surface area contributed by atoms with Gasteiger partial charge in [0.2, 0.25) is 11.1 Å². The molecular formula is C6H12O2S. The highest BCUT2D eigenvalue weighted by atomic mass is 32.2. The van der Waals surface area contributed by atoms with Crippen LogP contribution in [0.15, 0.2) is 12.3 Å². The third-order valence-electron chi connectivity index (χ3n) is 0.655. The maximum Gasteiger partial charge on any atom is 0.202 e. The molecule has 0 radical (unpaired) electrons. The highest BCUT2D eigenvalue weighted by molar-refractivity contribution is 7.79. The Kier molecular flexibility index (Phi) is 4.40. The van der Waals surface area contributed by atoms with Crippen molar-refractivity contribution in [3.63, 3.8) is 0 Å². The molecule has 54 valence electrons. The Morgan fingerprint density at radius 1 is 1.56 bits per heavy atom. The molecule has 0 N–H and O–H groups in total. The fourth-order valence-corrected chi connectivity index (χ4v) is 0.488. The van der Waals surface area contributed by atoms with Crippen LogP contribution in [0.25, 0.3) is 0 Å². The lowest BCUT2D eigenvalue weighted by Gasteiger charge is -1.93. The minimum Gasteiger partial charge on any atom is -0.409 e. The lowest BCUT2D eigenvalue weighted by Crippen LogP contribution is -1.86. The average molecular weight is 148 g/mol. The zero-order chi connectivity index (χ0) is 7.28. The molecular weight excluding hydrogens is 136 g/mol. The Labute approximate surface area is 58.6 Å². The van der Waals surface area contributed by atoms with Gasteiger partial charge in [0.1, 0.15) is 6.26 Å². The molecule has 1 unspecified atom stereocenters. The summed E-state index contributed by atoms with van der Waals surface area (Å²) >= 11 is -1.17. The first-order chi connectivity index (χ1) is 4.13. The van der Waals surface area contributed by atoms with Crippen LogP contribution in [-0.2, 0) is 15.3 Å². The van der Waals surface area contributed by atoms with E-state index in [2.05, 4.69) is 4.18 Å². The SMILES string of the molecule is CC(C)C=COS(C)=O. The first kappa shape index (κ1) is 8.69. The van der Waals surface area contributed by atoms with Crippen molar-refractivity contribution in [2.24, 2.45) is 5.92 Å². The van der Waals surface area contributed by atoms with Crippen LogP contribution in [0.4, 0.5) is 0 Å². The molecule has 0 bridgehead atoms. The predicted octanol–water partition coefficient (Wildman–Crippen LogP) is 1.47. The number of allylic oxidation sites excluding steroid dienone is 1. The zero-order valence-electron chi connectivity index (χ0n) is 5.96. The molecule has 1 atom stereocenters. The van der Waals surface area contributed by atoms with Crippen molar-refractivity contribution in [1.82, 2.24) is 0 Å². The summed E-state index contributed by atoms with van der Waals surface area (Å²) in [6.07, 6.45) is 4.81. The van der Waals surface area contributed by atoms with Gasteiger partial charge < -0.3 is 4.18 Å². The lowest BCUT2D eigenvalue weighted by molar-refractivity contribution is 0.505. The van der Waals surface area contributed by atoms with Crippen molar-refractivity contribution >= 4 is 11.1 Å². The van der Waals surface area contributed by atoms with E-state index < -0.39 is 11.1 Å². The lowest BCUT2D eigenvalue weighted by atomic mass is 10.2. The summed E-state index contributed by atoms with van der Waals surface area (Å²) in [6, 6.07) is 0. The van der Waals surface area contributed by atoms with E-state index in [0.717, 1.165) is 0 Å². The van der Waals surface area contributed by atoms with Gasteiger partial charge in [-0.15, -0.1) is 0 Å². The van der Waals surface area contributed by atoms with Crippen molar-refractivity contribution < 1.29 is 8.39 Å². The van der Waals surface area contributed by atoms with Gasteiger partial charge in [0.15, 0.2) is 0 Å². The molecule has 0 fully saturated rings. The van der Waals surface area contributed by atoms with Gasteiger partial charge in [-0.3, -0.25) is 0 Å². The Balaban J connectivity index is 3.36. The smallest absolute Gasteiger partial charge is 0.202 e. The molecule has 0 aliphatic carbocycles. The van der Waals surface area contributed by atoms with Crippen LogP contribution in [0.5, 0.6) is 0 Å².